The standard InChI is InChI=1S/C24H23ClN4O4/c25-19-5-2-6-20(13-19)29-16-24(33-23(29)30)15-28(10-11-31-17-24)14-18-4-1-7-21(12-18)32-22-26-8-3-9-27-22/h1-9,12-13H,10-11,14-17H2/t24-/m1/s1. The molecular formula is C24H23ClN4O4. The van der Waals surface area contributed by atoms with Gasteiger partial charge < -0.3 is 14.2 Å². The first-order chi connectivity index (χ1) is 16.1. The smallest absolute Gasteiger partial charge is 0.415 e. The van der Waals surface area contributed by atoms with Crippen molar-refractivity contribution in [1.82, 2.24) is 14.9 Å². The van der Waals surface area contributed by atoms with Gasteiger partial charge in [-0.25, -0.2) is 14.8 Å². The zero-order valence-electron chi connectivity index (χ0n) is 17.9. The van der Waals surface area contributed by atoms with E-state index in [0.29, 0.717) is 55.3 Å². The van der Waals surface area contributed by atoms with Gasteiger partial charge in [0.1, 0.15) is 5.75 Å². The van der Waals surface area contributed by atoms with Crippen LogP contribution in [0.4, 0.5) is 10.5 Å². The van der Waals surface area contributed by atoms with Crippen LogP contribution in [0.3, 0.4) is 0 Å². The summed E-state index contributed by atoms with van der Waals surface area (Å²) in [6.07, 6.45) is 2.89. The van der Waals surface area contributed by atoms with Gasteiger partial charge in [0, 0.05) is 42.7 Å². The van der Waals surface area contributed by atoms with Gasteiger partial charge >= 0.3 is 12.1 Å². The molecule has 2 aliphatic rings. The minimum Gasteiger partial charge on any atom is -0.437 e. The number of carbonyl (C=O) groups is 1. The third-order valence-electron chi connectivity index (χ3n) is 5.57. The lowest BCUT2D eigenvalue weighted by molar-refractivity contribution is -0.0154. The maximum absolute atomic E-state index is 12.7. The summed E-state index contributed by atoms with van der Waals surface area (Å²) in [7, 11) is 0. The highest BCUT2D eigenvalue weighted by atomic mass is 35.5. The average Bonchev–Trinajstić information content (AvgIpc) is 3.00. The highest BCUT2D eigenvalue weighted by Gasteiger charge is 2.48. The second-order valence-electron chi connectivity index (χ2n) is 8.16. The summed E-state index contributed by atoms with van der Waals surface area (Å²) >= 11 is 6.12. The van der Waals surface area contributed by atoms with Crippen LogP contribution in [-0.2, 0) is 16.0 Å². The number of carbonyl (C=O) groups excluding carboxylic acids is 1. The molecule has 5 rings (SSSR count). The Hall–Kier alpha value is -3.20. The van der Waals surface area contributed by atoms with E-state index in [1.165, 1.54) is 0 Å². The Labute approximate surface area is 196 Å². The van der Waals surface area contributed by atoms with Crippen LogP contribution in [0.15, 0.2) is 67.0 Å². The molecule has 1 spiro atoms. The molecule has 3 aromatic rings. The minimum atomic E-state index is -0.748. The number of rotatable bonds is 5. The van der Waals surface area contributed by atoms with Crippen molar-refractivity contribution >= 4 is 23.4 Å². The van der Waals surface area contributed by atoms with E-state index in [1.807, 2.05) is 36.4 Å². The number of benzene rings is 2. The van der Waals surface area contributed by atoms with Crippen molar-refractivity contribution in [3.8, 4) is 11.8 Å². The molecule has 8 nitrogen and oxygen atoms in total. The molecule has 2 aliphatic heterocycles. The van der Waals surface area contributed by atoms with Crippen molar-refractivity contribution in [1.29, 1.82) is 0 Å². The lowest BCUT2D eigenvalue weighted by atomic mass is 10.0. The van der Waals surface area contributed by atoms with Gasteiger partial charge in [0.15, 0.2) is 5.60 Å². The molecule has 9 heteroatoms. The number of halogens is 1. The van der Waals surface area contributed by atoms with Crippen molar-refractivity contribution in [2.24, 2.45) is 0 Å². The number of ether oxygens (including phenoxy) is 3. The van der Waals surface area contributed by atoms with Crippen molar-refractivity contribution in [2.45, 2.75) is 12.1 Å². The largest absolute Gasteiger partial charge is 0.437 e. The van der Waals surface area contributed by atoms with Gasteiger partial charge in [0.25, 0.3) is 0 Å². The first kappa shape index (κ1) is 21.6. The average molecular weight is 467 g/mol. The van der Waals surface area contributed by atoms with Gasteiger partial charge in [-0.1, -0.05) is 29.8 Å². The van der Waals surface area contributed by atoms with Crippen molar-refractivity contribution < 1.29 is 19.0 Å². The van der Waals surface area contributed by atoms with Crippen molar-refractivity contribution in [3.05, 3.63) is 77.6 Å². The minimum absolute atomic E-state index is 0.302. The fourth-order valence-electron chi connectivity index (χ4n) is 4.15. The third-order valence-corrected chi connectivity index (χ3v) is 5.81. The second-order valence-corrected chi connectivity index (χ2v) is 8.60. The van der Waals surface area contributed by atoms with E-state index in [0.717, 1.165) is 12.1 Å². The Kier molecular flexibility index (Phi) is 6.13. The molecule has 2 aromatic carbocycles. The summed E-state index contributed by atoms with van der Waals surface area (Å²) in [6.45, 7) is 3.25. The van der Waals surface area contributed by atoms with Crippen LogP contribution in [0, 0.1) is 0 Å². The number of amides is 1. The van der Waals surface area contributed by atoms with Crippen LogP contribution >= 0.6 is 11.6 Å². The molecule has 0 unspecified atom stereocenters. The van der Waals surface area contributed by atoms with Gasteiger partial charge in [-0.2, -0.15) is 0 Å². The zero-order valence-corrected chi connectivity index (χ0v) is 18.6. The molecule has 1 aromatic heterocycles. The lowest BCUT2D eigenvalue weighted by Crippen LogP contribution is -2.47. The van der Waals surface area contributed by atoms with E-state index >= 15 is 0 Å². The molecule has 0 saturated carbocycles. The molecule has 0 N–H and O–H groups in total. The van der Waals surface area contributed by atoms with Gasteiger partial charge in [0.05, 0.1) is 19.8 Å². The number of hydrogen-bond donors (Lipinski definition) is 0. The SMILES string of the molecule is O=C1O[C@@]2(COCCN(Cc3cccc(Oc4ncccn4)c3)C2)CN1c1cccc(Cl)c1. The van der Waals surface area contributed by atoms with Crippen LogP contribution in [0.25, 0.3) is 0 Å². The lowest BCUT2D eigenvalue weighted by Gasteiger charge is -2.29. The summed E-state index contributed by atoms with van der Waals surface area (Å²) in [5.74, 6) is 0.666. The molecule has 2 saturated heterocycles. The Morgan fingerprint density at radius 1 is 1.06 bits per heavy atom. The Balaban J connectivity index is 1.29. The highest BCUT2D eigenvalue weighted by Crippen LogP contribution is 2.32. The molecular weight excluding hydrogens is 444 g/mol. The maximum atomic E-state index is 12.7. The number of aromatic nitrogens is 2. The molecule has 0 bridgehead atoms. The Morgan fingerprint density at radius 2 is 1.91 bits per heavy atom. The summed E-state index contributed by atoms with van der Waals surface area (Å²) in [6, 6.07) is 17.1. The van der Waals surface area contributed by atoms with Crippen LogP contribution in [-0.4, -0.2) is 59.4 Å². The first-order valence-electron chi connectivity index (χ1n) is 10.7. The van der Waals surface area contributed by atoms with Crippen molar-refractivity contribution in [2.75, 3.05) is 37.7 Å². The molecule has 170 valence electrons. The molecule has 3 heterocycles. The molecule has 2 fully saturated rings. The number of hydrogen-bond acceptors (Lipinski definition) is 7. The Bertz CT molecular complexity index is 1130. The van der Waals surface area contributed by atoms with Gasteiger partial charge in [0.2, 0.25) is 0 Å². The fourth-order valence-corrected chi connectivity index (χ4v) is 4.34. The van der Waals surface area contributed by atoms with E-state index in [2.05, 4.69) is 14.9 Å². The topological polar surface area (TPSA) is 77.0 Å². The normalized spacial score (nSPS) is 21.1. The first-order valence-corrected chi connectivity index (χ1v) is 11.1. The molecule has 33 heavy (non-hydrogen) atoms. The fraction of sp³-hybridized carbons (Fsp3) is 0.292. The van der Waals surface area contributed by atoms with Gasteiger partial charge in [-0.05, 0) is 42.0 Å². The van der Waals surface area contributed by atoms with E-state index in [4.69, 9.17) is 25.8 Å². The predicted molar refractivity (Wildman–Crippen MR) is 123 cm³/mol. The van der Waals surface area contributed by atoms with E-state index < -0.39 is 5.60 Å². The maximum Gasteiger partial charge on any atom is 0.415 e. The van der Waals surface area contributed by atoms with E-state index in [9.17, 15) is 4.79 Å². The van der Waals surface area contributed by atoms with Crippen LogP contribution in [0.5, 0.6) is 11.8 Å². The molecule has 1 atom stereocenters. The van der Waals surface area contributed by atoms with Crippen LogP contribution in [0.2, 0.25) is 5.02 Å². The predicted octanol–water partition coefficient (Wildman–Crippen LogP) is 4.15. The molecule has 0 radical (unpaired) electrons. The molecule has 0 aliphatic carbocycles. The monoisotopic (exact) mass is 466 g/mol. The Morgan fingerprint density at radius 3 is 2.76 bits per heavy atom. The zero-order chi connectivity index (χ0) is 22.7. The van der Waals surface area contributed by atoms with Gasteiger partial charge in [-0.15, -0.1) is 0 Å². The molecule has 1 amide bonds. The quantitative estimate of drug-likeness (QED) is 0.559. The number of nitrogens with zero attached hydrogens (tertiary/aromatic N) is 4. The number of anilines is 1. The van der Waals surface area contributed by atoms with Crippen LogP contribution in [0.1, 0.15) is 5.56 Å². The highest BCUT2D eigenvalue weighted by molar-refractivity contribution is 6.30. The summed E-state index contributed by atoms with van der Waals surface area (Å²) in [5, 5.41) is 0.572. The van der Waals surface area contributed by atoms with E-state index in [1.54, 1.807) is 35.5 Å². The van der Waals surface area contributed by atoms with Crippen molar-refractivity contribution in [3.63, 3.8) is 0 Å². The van der Waals surface area contributed by atoms with E-state index in [-0.39, 0.29) is 6.09 Å². The second kappa shape index (κ2) is 9.35. The van der Waals surface area contributed by atoms with Gasteiger partial charge in [-0.3, -0.25) is 9.80 Å². The third kappa shape index (κ3) is 5.08. The summed E-state index contributed by atoms with van der Waals surface area (Å²) < 4.78 is 17.5. The van der Waals surface area contributed by atoms with Crippen LogP contribution < -0.4 is 9.64 Å². The summed E-state index contributed by atoms with van der Waals surface area (Å²) in [5.41, 5.74) is 1.03. The summed E-state index contributed by atoms with van der Waals surface area (Å²) in [4.78, 5) is 24.8.